The van der Waals surface area contributed by atoms with Gasteiger partial charge in [0.05, 0.1) is 35.7 Å². The van der Waals surface area contributed by atoms with Crippen molar-refractivity contribution < 1.29 is 17.9 Å². The number of ether oxygens (including phenoxy) is 1. The second-order valence-electron chi connectivity index (χ2n) is 8.43. The quantitative estimate of drug-likeness (QED) is 0.350. The van der Waals surface area contributed by atoms with E-state index in [2.05, 4.69) is 15.7 Å². The number of thiazole rings is 1. The van der Waals surface area contributed by atoms with Crippen molar-refractivity contribution in [3.8, 4) is 23.1 Å². The number of rotatable bonds is 7. The molecule has 1 aliphatic heterocycles. The molecule has 3 heterocycles. The molecule has 4 aromatic rings. The summed E-state index contributed by atoms with van der Waals surface area (Å²) < 4.78 is 33.7. The third-order valence-electron chi connectivity index (χ3n) is 6.10. The number of thiophene rings is 1. The van der Waals surface area contributed by atoms with Gasteiger partial charge in [0.2, 0.25) is 0 Å². The molecule has 194 valence electrons. The molecule has 0 radical (unpaired) electrons. The van der Waals surface area contributed by atoms with E-state index in [1.54, 1.807) is 40.6 Å². The van der Waals surface area contributed by atoms with Crippen LogP contribution in [0.5, 0.6) is 5.75 Å². The molecule has 2 aromatic heterocycles. The monoisotopic (exact) mass is 565 g/mol. The van der Waals surface area contributed by atoms with E-state index in [1.807, 2.05) is 17.5 Å². The molecule has 0 saturated carbocycles. The zero-order valence-electron chi connectivity index (χ0n) is 20.3. The fraction of sp³-hybridized carbons (Fsp3) is 0.192. The average molecular weight is 566 g/mol. The standard InChI is InChI=1S/C26H23N5O4S3/c1-35-20-8-9-21(22(15-20)29-38(33,34)24-3-2-14-36-24)25(32)30-10-12-31(13-11-30)26-28-23(17-37-26)19-6-4-18(16-27)5-7-19/h2-9,14-15,17,29H,10-13H2,1H3. The molecule has 12 heteroatoms. The van der Waals surface area contributed by atoms with Gasteiger partial charge in [0.15, 0.2) is 5.13 Å². The lowest BCUT2D eigenvalue weighted by atomic mass is 10.1. The molecule has 0 bridgehead atoms. The highest BCUT2D eigenvalue weighted by molar-refractivity contribution is 7.94. The number of aromatic nitrogens is 1. The van der Waals surface area contributed by atoms with Crippen LogP contribution < -0.4 is 14.4 Å². The topological polar surface area (TPSA) is 116 Å². The molecule has 1 amide bonds. The summed E-state index contributed by atoms with van der Waals surface area (Å²) in [6.45, 7) is 2.12. The molecule has 1 aliphatic rings. The number of nitriles is 1. The van der Waals surface area contributed by atoms with Crippen LogP contribution in [-0.4, -0.2) is 57.5 Å². The van der Waals surface area contributed by atoms with Gasteiger partial charge < -0.3 is 14.5 Å². The first kappa shape index (κ1) is 25.7. The predicted molar refractivity (Wildman–Crippen MR) is 149 cm³/mol. The first-order chi connectivity index (χ1) is 18.4. The molecule has 0 aliphatic carbocycles. The second-order valence-corrected chi connectivity index (χ2v) is 12.1. The third kappa shape index (κ3) is 5.35. The van der Waals surface area contributed by atoms with Crippen molar-refractivity contribution in [1.29, 1.82) is 5.26 Å². The van der Waals surface area contributed by atoms with E-state index in [9.17, 15) is 13.2 Å². The van der Waals surface area contributed by atoms with Gasteiger partial charge in [-0.25, -0.2) is 13.4 Å². The predicted octanol–water partition coefficient (Wildman–Crippen LogP) is 4.52. The first-order valence-corrected chi connectivity index (χ1v) is 14.9. The van der Waals surface area contributed by atoms with Crippen molar-refractivity contribution >= 4 is 49.4 Å². The minimum Gasteiger partial charge on any atom is -0.497 e. The van der Waals surface area contributed by atoms with Gasteiger partial charge in [-0.05, 0) is 35.7 Å². The largest absolute Gasteiger partial charge is 0.497 e. The van der Waals surface area contributed by atoms with Crippen LogP contribution >= 0.6 is 22.7 Å². The number of amides is 1. The van der Waals surface area contributed by atoms with Gasteiger partial charge in [-0.1, -0.05) is 18.2 Å². The molecule has 9 nitrogen and oxygen atoms in total. The summed E-state index contributed by atoms with van der Waals surface area (Å²) in [5.41, 5.74) is 2.82. The molecule has 0 atom stereocenters. The van der Waals surface area contributed by atoms with Crippen LogP contribution in [0.1, 0.15) is 15.9 Å². The van der Waals surface area contributed by atoms with Gasteiger partial charge in [-0.2, -0.15) is 5.26 Å². The van der Waals surface area contributed by atoms with E-state index in [0.717, 1.165) is 27.7 Å². The SMILES string of the molecule is COc1ccc(C(=O)N2CCN(c3nc(-c4ccc(C#N)cc4)cs3)CC2)c(NS(=O)(=O)c2cccs2)c1. The van der Waals surface area contributed by atoms with E-state index in [1.165, 1.54) is 30.6 Å². The molecule has 1 fully saturated rings. The molecule has 2 aromatic carbocycles. The number of hydrogen-bond acceptors (Lipinski definition) is 9. The van der Waals surface area contributed by atoms with Crippen molar-refractivity contribution in [2.45, 2.75) is 4.21 Å². The Balaban J connectivity index is 1.29. The third-order valence-corrected chi connectivity index (χ3v) is 9.77. The Morgan fingerprint density at radius 3 is 2.50 bits per heavy atom. The van der Waals surface area contributed by atoms with E-state index < -0.39 is 10.0 Å². The Morgan fingerprint density at radius 1 is 1.08 bits per heavy atom. The minimum atomic E-state index is -3.84. The van der Waals surface area contributed by atoms with E-state index in [0.29, 0.717) is 37.5 Å². The van der Waals surface area contributed by atoms with Gasteiger partial charge in [0, 0.05) is 43.2 Å². The molecular weight excluding hydrogens is 543 g/mol. The van der Waals surface area contributed by atoms with Crippen LogP contribution in [-0.2, 0) is 10.0 Å². The van der Waals surface area contributed by atoms with Crippen molar-refractivity contribution in [3.63, 3.8) is 0 Å². The highest BCUT2D eigenvalue weighted by Crippen LogP contribution is 2.30. The minimum absolute atomic E-state index is 0.163. The number of piperazine rings is 1. The molecular formula is C26H23N5O4S3. The van der Waals surface area contributed by atoms with E-state index >= 15 is 0 Å². The highest BCUT2D eigenvalue weighted by atomic mass is 32.2. The zero-order valence-corrected chi connectivity index (χ0v) is 22.8. The molecule has 5 rings (SSSR count). The molecule has 38 heavy (non-hydrogen) atoms. The van der Waals surface area contributed by atoms with Crippen LogP contribution in [0.4, 0.5) is 10.8 Å². The lowest BCUT2D eigenvalue weighted by Crippen LogP contribution is -2.49. The summed E-state index contributed by atoms with van der Waals surface area (Å²) in [4.78, 5) is 22.1. The Labute approximate surface area is 228 Å². The average Bonchev–Trinajstić information content (AvgIpc) is 3.66. The van der Waals surface area contributed by atoms with Crippen LogP contribution in [0, 0.1) is 11.3 Å². The van der Waals surface area contributed by atoms with Crippen LogP contribution in [0.25, 0.3) is 11.3 Å². The summed E-state index contributed by atoms with van der Waals surface area (Å²) in [5, 5.41) is 13.5. The molecule has 0 spiro atoms. The summed E-state index contributed by atoms with van der Waals surface area (Å²) >= 11 is 2.64. The maximum Gasteiger partial charge on any atom is 0.271 e. The molecule has 0 unspecified atom stereocenters. The van der Waals surface area contributed by atoms with Crippen LogP contribution in [0.2, 0.25) is 0 Å². The Hall–Kier alpha value is -3.92. The number of sulfonamides is 1. The lowest BCUT2D eigenvalue weighted by molar-refractivity contribution is 0.0748. The second kappa shape index (κ2) is 10.8. The first-order valence-electron chi connectivity index (χ1n) is 11.6. The van der Waals surface area contributed by atoms with Crippen molar-refractivity contribution in [2.75, 3.05) is 42.9 Å². The smallest absolute Gasteiger partial charge is 0.271 e. The van der Waals surface area contributed by atoms with Crippen molar-refractivity contribution in [3.05, 3.63) is 76.5 Å². The number of benzene rings is 2. The summed E-state index contributed by atoms with van der Waals surface area (Å²) in [5.74, 6) is 0.186. The van der Waals surface area contributed by atoms with Crippen LogP contribution in [0.3, 0.4) is 0 Å². The fourth-order valence-corrected chi connectivity index (χ4v) is 7.01. The number of carbonyl (C=O) groups is 1. The molecule has 1 N–H and O–H groups in total. The number of carbonyl (C=O) groups excluding carboxylic acids is 1. The lowest BCUT2D eigenvalue weighted by Gasteiger charge is -2.35. The van der Waals surface area contributed by atoms with Gasteiger partial charge in [0.1, 0.15) is 9.96 Å². The van der Waals surface area contributed by atoms with E-state index in [4.69, 9.17) is 15.0 Å². The maximum atomic E-state index is 13.5. The zero-order chi connectivity index (χ0) is 26.7. The maximum absolute atomic E-state index is 13.5. The number of nitrogens with one attached hydrogen (secondary N) is 1. The van der Waals surface area contributed by atoms with Crippen LogP contribution in [0.15, 0.2) is 69.6 Å². The summed E-state index contributed by atoms with van der Waals surface area (Å²) in [7, 11) is -2.35. The molecule has 1 saturated heterocycles. The fourth-order valence-electron chi connectivity index (χ4n) is 4.06. The van der Waals surface area contributed by atoms with Crippen molar-refractivity contribution in [1.82, 2.24) is 9.88 Å². The summed E-state index contributed by atoms with van der Waals surface area (Å²) in [6.07, 6.45) is 0. The highest BCUT2D eigenvalue weighted by Gasteiger charge is 2.27. The number of hydrogen-bond donors (Lipinski definition) is 1. The van der Waals surface area contributed by atoms with Gasteiger partial charge >= 0.3 is 0 Å². The van der Waals surface area contributed by atoms with Gasteiger partial charge in [-0.3, -0.25) is 9.52 Å². The van der Waals surface area contributed by atoms with Gasteiger partial charge in [0.25, 0.3) is 15.9 Å². The van der Waals surface area contributed by atoms with E-state index in [-0.39, 0.29) is 21.4 Å². The normalized spacial score (nSPS) is 13.7. The Kier molecular flexibility index (Phi) is 7.33. The number of methoxy groups -OCH3 is 1. The van der Waals surface area contributed by atoms with Crippen molar-refractivity contribution in [2.24, 2.45) is 0 Å². The summed E-state index contributed by atoms with van der Waals surface area (Å²) in [6, 6.07) is 17.3. The number of nitrogens with zero attached hydrogens (tertiary/aromatic N) is 4. The Morgan fingerprint density at radius 2 is 1.84 bits per heavy atom. The Bertz CT molecular complexity index is 1580. The van der Waals surface area contributed by atoms with Gasteiger partial charge in [-0.15, -0.1) is 22.7 Å². The number of anilines is 2.